The molecule has 3 rings (SSSR count). The van der Waals surface area contributed by atoms with Crippen LogP contribution in [0.4, 0.5) is 4.39 Å². The normalized spacial score (nSPS) is 20.0. The molecular weight excluding hydrogens is 361 g/mol. The summed E-state index contributed by atoms with van der Waals surface area (Å²) in [5, 5.41) is 6.84. The molecule has 2 atom stereocenters. The van der Waals surface area contributed by atoms with Gasteiger partial charge in [0.1, 0.15) is 11.9 Å². The van der Waals surface area contributed by atoms with Gasteiger partial charge in [0.25, 0.3) is 5.91 Å². The summed E-state index contributed by atoms with van der Waals surface area (Å²) in [5.74, 6) is -0.261. The van der Waals surface area contributed by atoms with Crippen LogP contribution in [0.3, 0.4) is 0 Å². The number of rotatable bonds is 5. The van der Waals surface area contributed by atoms with Gasteiger partial charge in [-0.1, -0.05) is 31.2 Å². The summed E-state index contributed by atoms with van der Waals surface area (Å²) < 4.78 is 18.4. The van der Waals surface area contributed by atoms with E-state index in [1.54, 1.807) is 17.0 Å². The number of amides is 2. The molecule has 1 aliphatic heterocycles. The monoisotopic (exact) mass is 385 g/mol. The highest BCUT2D eigenvalue weighted by atomic mass is 19.1. The Labute approximate surface area is 163 Å². The zero-order chi connectivity index (χ0) is 20.3. The van der Waals surface area contributed by atoms with E-state index in [2.05, 4.69) is 10.5 Å². The van der Waals surface area contributed by atoms with E-state index in [4.69, 9.17) is 4.52 Å². The van der Waals surface area contributed by atoms with Gasteiger partial charge in [0.05, 0.1) is 6.04 Å². The van der Waals surface area contributed by atoms with Crippen molar-refractivity contribution in [2.45, 2.75) is 39.3 Å². The Morgan fingerprint density at radius 2 is 2.11 bits per heavy atom. The third-order valence-corrected chi connectivity index (χ3v) is 4.64. The van der Waals surface area contributed by atoms with Crippen molar-refractivity contribution in [2.75, 3.05) is 6.54 Å². The molecule has 1 aromatic heterocycles. The van der Waals surface area contributed by atoms with Crippen LogP contribution in [0.5, 0.6) is 0 Å². The van der Waals surface area contributed by atoms with E-state index in [-0.39, 0.29) is 35.3 Å². The van der Waals surface area contributed by atoms with Crippen molar-refractivity contribution in [3.63, 3.8) is 0 Å². The Hall–Kier alpha value is -2.96. The minimum absolute atomic E-state index is 0.127. The quantitative estimate of drug-likeness (QED) is 0.801. The summed E-state index contributed by atoms with van der Waals surface area (Å²) in [6, 6.07) is 6.47. The van der Waals surface area contributed by atoms with Crippen LogP contribution < -0.4 is 5.32 Å². The number of aromatic nitrogens is 1. The lowest BCUT2D eigenvalue weighted by Crippen LogP contribution is -2.61. The number of carbonyl (C=O) groups excluding carboxylic acids is 2. The molecule has 1 saturated heterocycles. The van der Waals surface area contributed by atoms with E-state index >= 15 is 0 Å². The molecular formula is C21H24FN3O3. The first-order valence-electron chi connectivity index (χ1n) is 9.36. The van der Waals surface area contributed by atoms with Gasteiger partial charge in [-0.2, -0.15) is 0 Å². The second kappa shape index (κ2) is 8.37. The third-order valence-electron chi connectivity index (χ3n) is 4.64. The van der Waals surface area contributed by atoms with Crippen molar-refractivity contribution in [1.29, 1.82) is 0 Å². The predicted octanol–water partition coefficient (Wildman–Crippen LogP) is 3.41. The molecule has 0 unspecified atom stereocenters. The molecule has 0 bridgehead atoms. The van der Waals surface area contributed by atoms with Gasteiger partial charge >= 0.3 is 0 Å². The van der Waals surface area contributed by atoms with E-state index in [1.807, 2.05) is 32.9 Å². The minimum Gasteiger partial charge on any atom is -0.355 e. The first kappa shape index (κ1) is 19.8. The van der Waals surface area contributed by atoms with Crippen molar-refractivity contribution in [3.8, 4) is 11.3 Å². The van der Waals surface area contributed by atoms with Gasteiger partial charge in [-0.3, -0.25) is 9.59 Å². The summed E-state index contributed by atoms with van der Waals surface area (Å²) >= 11 is 0. The highest BCUT2D eigenvalue weighted by Gasteiger charge is 2.38. The van der Waals surface area contributed by atoms with Crippen LogP contribution in [-0.2, 0) is 4.79 Å². The number of hydrogen-bond donors (Lipinski definition) is 1. The first-order chi connectivity index (χ1) is 13.4. The second-order valence-corrected chi connectivity index (χ2v) is 7.33. The van der Waals surface area contributed by atoms with E-state index < -0.39 is 6.04 Å². The van der Waals surface area contributed by atoms with Crippen LogP contribution in [0.2, 0.25) is 0 Å². The fraction of sp³-hybridized carbons (Fsp3) is 0.381. The lowest BCUT2D eigenvalue weighted by molar-refractivity contribution is -0.129. The summed E-state index contributed by atoms with van der Waals surface area (Å²) in [6.45, 7) is 6.25. The van der Waals surface area contributed by atoms with Crippen LogP contribution in [0.25, 0.3) is 11.3 Å². The maximum absolute atomic E-state index is 13.1. The average Bonchev–Trinajstić information content (AvgIpc) is 3.14. The fourth-order valence-corrected chi connectivity index (χ4v) is 3.33. The Balaban J connectivity index is 1.86. The molecule has 2 amide bonds. The Morgan fingerprint density at radius 1 is 1.39 bits per heavy atom. The Morgan fingerprint density at radius 3 is 2.75 bits per heavy atom. The highest BCUT2D eigenvalue weighted by Crippen LogP contribution is 2.24. The van der Waals surface area contributed by atoms with Gasteiger partial charge in [0.2, 0.25) is 5.91 Å². The van der Waals surface area contributed by atoms with E-state index in [0.29, 0.717) is 24.3 Å². The molecule has 7 heteroatoms. The van der Waals surface area contributed by atoms with Crippen LogP contribution in [0.1, 0.15) is 37.7 Å². The van der Waals surface area contributed by atoms with Gasteiger partial charge in [-0.25, -0.2) is 4.39 Å². The maximum Gasteiger partial charge on any atom is 0.276 e. The smallest absolute Gasteiger partial charge is 0.276 e. The molecule has 1 aromatic carbocycles. The average molecular weight is 385 g/mol. The summed E-state index contributed by atoms with van der Waals surface area (Å²) in [7, 11) is 0. The first-order valence-corrected chi connectivity index (χ1v) is 9.36. The second-order valence-electron chi connectivity index (χ2n) is 7.33. The van der Waals surface area contributed by atoms with Gasteiger partial charge in [-0.15, -0.1) is 0 Å². The molecule has 148 valence electrons. The Kier molecular flexibility index (Phi) is 5.92. The number of piperazine rings is 1. The minimum atomic E-state index is -0.556. The number of carbonyl (C=O) groups is 2. The molecule has 28 heavy (non-hydrogen) atoms. The summed E-state index contributed by atoms with van der Waals surface area (Å²) in [4.78, 5) is 27.3. The van der Waals surface area contributed by atoms with E-state index in [9.17, 15) is 14.0 Å². The van der Waals surface area contributed by atoms with Crippen molar-refractivity contribution in [2.24, 2.45) is 5.92 Å². The number of allylic oxidation sites excluding steroid dienone is 1. The van der Waals surface area contributed by atoms with Crippen molar-refractivity contribution in [3.05, 3.63) is 54.0 Å². The topological polar surface area (TPSA) is 75.4 Å². The SMILES string of the molecule is CC=C[C@H]1CN(C(=O)c2cc(-c3ccc(F)cc3)on2)[C@@H](CC(C)C)C(=O)N1. The molecule has 0 saturated carbocycles. The van der Waals surface area contributed by atoms with Crippen LogP contribution in [-0.4, -0.2) is 40.5 Å². The number of nitrogens with zero attached hydrogens (tertiary/aromatic N) is 2. The zero-order valence-corrected chi connectivity index (χ0v) is 16.2. The van der Waals surface area contributed by atoms with E-state index in [0.717, 1.165) is 0 Å². The standard InChI is InChI=1S/C21H24FN3O3/c1-4-5-16-12-25(18(10-13(2)3)20(26)23-16)21(27)17-11-19(28-24-17)14-6-8-15(22)9-7-14/h4-9,11,13,16,18H,10,12H2,1-3H3,(H,23,26)/t16-,18-/m0/s1. The van der Waals surface area contributed by atoms with Crippen LogP contribution in [0.15, 0.2) is 47.0 Å². The van der Waals surface area contributed by atoms with Crippen LogP contribution >= 0.6 is 0 Å². The lowest BCUT2D eigenvalue weighted by atomic mass is 9.97. The molecule has 0 aliphatic carbocycles. The van der Waals surface area contributed by atoms with Crippen LogP contribution in [0, 0.1) is 11.7 Å². The summed E-state index contributed by atoms with van der Waals surface area (Å²) in [6.07, 6.45) is 4.26. The number of nitrogens with one attached hydrogen (secondary N) is 1. The summed E-state index contributed by atoms with van der Waals surface area (Å²) in [5.41, 5.74) is 0.747. The van der Waals surface area contributed by atoms with Crippen molar-refractivity contribution >= 4 is 11.8 Å². The number of halogens is 1. The van der Waals surface area contributed by atoms with Gasteiger partial charge in [0.15, 0.2) is 11.5 Å². The van der Waals surface area contributed by atoms with Crippen molar-refractivity contribution < 1.29 is 18.5 Å². The fourth-order valence-electron chi connectivity index (χ4n) is 3.33. The highest BCUT2D eigenvalue weighted by molar-refractivity contribution is 5.97. The molecule has 6 nitrogen and oxygen atoms in total. The molecule has 1 aliphatic rings. The molecule has 1 N–H and O–H groups in total. The molecule has 2 heterocycles. The molecule has 2 aromatic rings. The van der Waals surface area contributed by atoms with Gasteiger partial charge in [-0.05, 0) is 43.5 Å². The van der Waals surface area contributed by atoms with E-state index in [1.165, 1.54) is 18.2 Å². The number of hydrogen-bond acceptors (Lipinski definition) is 4. The molecule has 0 radical (unpaired) electrons. The van der Waals surface area contributed by atoms with Gasteiger partial charge < -0.3 is 14.7 Å². The zero-order valence-electron chi connectivity index (χ0n) is 16.2. The largest absolute Gasteiger partial charge is 0.355 e. The Bertz CT molecular complexity index is 873. The molecule has 0 spiro atoms. The van der Waals surface area contributed by atoms with Crippen molar-refractivity contribution in [1.82, 2.24) is 15.4 Å². The number of benzene rings is 1. The van der Waals surface area contributed by atoms with Gasteiger partial charge in [0, 0.05) is 18.2 Å². The lowest BCUT2D eigenvalue weighted by Gasteiger charge is -2.38. The molecule has 1 fully saturated rings. The predicted molar refractivity (Wildman–Crippen MR) is 103 cm³/mol. The third kappa shape index (κ3) is 4.30. The maximum atomic E-state index is 13.1.